The Morgan fingerprint density at radius 3 is 2.19 bits per heavy atom. The van der Waals surface area contributed by atoms with Crippen LogP contribution in [0.15, 0.2) is 18.3 Å². The van der Waals surface area contributed by atoms with Crippen LogP contribution in [0.1, 0.15) is 43.7 Å². The van der Waals surface area contributed by atoms with E-state index >= 15 is 0 Å². The van der Waals surface area contributed by atoms with Gasteiger partial charge in [-0.3, -0.25) is 9.59 Å². The van der Waals surface area contributed by atoms with Gasteiger partial charge in [-0.25, -0.2) is 0 Å². The molecule has 16 heavy (non-hydrogen) atoms. The molecular weight excluding hydrogens is 202 g/mol. The van der Waals surface area contributed by atoms with Crippen LogP contribution in [0.3, 0.4) is 0 Å². The van der Waals surface area contributed by atoms with E-state index in [9.17, 15) is 9.59 Å². The number of hydrogen-bond donors (Lipinski definition) is 0. The Hall–Kier alpha value is -1.64. The summed E-state index contributed by atoms with van der Waals surface area (Å²) < 4.78 is 1.75. The zero-order valence-electron chi connectivity index (χ0n) is 10.6. The SMILES string of the molecule is CC.CC(=O)/C=C/c1cc(C(C)=O)n(C)c1. The summed E-state index contributed by atoms with van der Waals surface area (Å²) in [7, 11) is 1.81. The Morgan fingerprint density at radius 2 is 1.81 bits per heavy atom. The quantitative estimate of drug-likeness (QED) is 0.581. The van der Waals surface area contributed by atoms with Crippen LogP contribution in [0.25, 0.3) is 6.08 Å². The van der Waals surface area contributed by atoms with E-state index in [4.69, 9.17) is 0 Å². The lowest BCUT2D eigenvalue weighted by Gasteiger charge is -1.94. The molecule has 0 amide bonds. The second kappa shape index (κ2) is 6.77. The maximum Gasteiger partial charge on any atom is 0.176 e. The molecule has 0 unspecified atom stereocenters. The number of allylic oxidation sites excluding steroid dienone is 1. The topological polar surface area (TPSA) is 39.1 Å². The van der Waals surface area contributed by atoms with E-state index in [-0.39, 0.29) is 11.6 Å². The van der Waals surface area contributed by atoms with E-state index in [2.05, 4.69) is 0 Å². The highest BCUT2D eigenvalue weighted by Crippen LogP contribution is 2.09. The molecule has 0 atom stereocenters. The van der Waals surface area contributed by atoms with Crippen molar-refractivity contribution in [2.24, 2.45) is 7.05 Å². The third kappa shape index (κ3) is 4.26. The summed E-state index contributed by atoms with van der Waals surface area (Å²) in [6.45, 7) is 7.01. The minimum Gasteiger partial charge on any atom is -0.348 e. The van der Waals surface area contributed by atoms with Crippen LogP contribution in [0.2, 0.25) is 0 Å². The Bertz CT molecular complexity index is 400. The number of ketones is 2. The molecule has 88 valence electrons. The molecule has 1 heterocycles. The summed E-state index contributed by atoms with van der Waals surface area (Å²) in [6, 6.07) is 1.77. The van der Waals surface area contributed by atoms with E-state index in [0.29, 0.717) is 5.69 Å². The molecule has 0 aliphatic heterocycles. The molecule has 0 spiro atoms. The predicted octanol–water partition coefficient (Wildman–Crippen LogP) is 2.86. The molecular formula is C13H19NO2. The van der Waals surface area contributed by atoms with E-state index < -0.39 is 0 Å². The van der Waals surface area contributed by atoms with Crippen molar-refractivity contribution in [1.29, 1.82) is 0 Å². The van der Waals surface area contributed by atoms with Crippen molar-refractivity contribution in [2.75, 3.05) is 0 Å². The lowest BCUT2D eigenvalue weighted by Crippen LogP contribution is -1.99. The molecule has 0 fully saturated rings. The summed E-state index contributed by atoms with van der Waals surface area (Å²) >= 11 is 0. The second-order valence-corrected chi connectivity index (χ2v) is 3.27. The lowest BCUT2D eigenvalue weighted by atomic mass is 10.2. The number of rotatable bonds is 3. The van der Waals surface area contributed by atoms with Crippen molar-refractivity contribution in [1.82, 2.24) is 4.57 Å². The van der Waals surface area contributed by atoms with E-state index in [1.54, 1.807) is 16.7 Å². The maximum atomic E-state index is 11.1. The minimum absolute atomic E-state index is 0.00164. The number of carbonyl (C=O) groups excluding carboxylic acids is 2. The van der Waals surface area contributed by atoms with Crippen molar-refractivity contribution < 1.29 is 9.59 Å². The Kier molecular flexibility index (Phi) is 6.08. The number of nitrogens with zero attached hydrogens (tertiary/aromatic N) is 1. The standard InChI is InChI=1S/C11H13NO2.C2H6/c1-8(13)4-5-10-6-11(9(2)14)12(3)7-10;1-2/h4-7H,1-3H3;1-2H3/b5-4+;. The highest BCUT2D eigenvalue weighted by molar-refractivity contribution is 5.94. The molecule has 3 heteroatoms. The molecule has 0 N–H and O–H groups in total. The fourth-order valence-electron chi connectivity index (χ4n) is 1.24. The van der Waals surface area contributed by atoms with Crippen LogP contribution in [0.4, 0.5) is 0 Å². The molecule has 0 saturated carbocycles. The summed E-state index contributed by atoms with van der Waals surface area (Å²) in [5.74, 6) is 0.0215. The largest absolute Gasteiger partial charge is 0.348 e. The van der Waals surface area contributed by atoms with Gasteiger partial charge < -0.3 is 4.57 Å². The molecule has 1 aromatic rings. The van der Waals surface area contributed by atoms with Gasteiger partial charge in [0.15, 0.2) is 11.6 Å². The van der Waals surface area contributed by atoms with Crippen LogP contribution < -0.4 is 0 Å². The van der Waals surface area contributed by atoms with Gasteiger partial charge in [0.25, 0.3) is 0 Å². The van der Waals surface area contributed by atoms with Crippen LogP contribution in [-0.2, 0) is 11.8 Å². The summed E-state index contributed by atoms with van der Waals surface area (Å²) in [5, 5.41) is 0. The molecule has 1 rings (SSSR count). The number of aryl methyl sites for hydroxylation is 1. The minimum atomic E-state index is -0.00164. The van der Waals surface area contributed by atoms with Gasteiger partial charge >= 0.3 is 0 Å². The van der Waals surface area contributed by atoms with Crippen molar-refractivity contribution >= 4 is 17.6 Å². The van der Waals surface area contributed by atoms with Crippen molar-refractivity contribution in [3.05, 3.63) is 29.6 Å². The fraction of sp³-hybridized carbons (Fsp3) is 0.385. The highest BCUT2D eigenvalue weighted by atomic mass is 16.1. The van der Waals surface area contributed by atoms with Crippen LogP contribution >= 0.6 is 0 Å². The Balaban J connectivity index is 0.00000106. The second-order valence-electron chi connectivity index (χ2n) is 3.27. The lowest BCUT2D eigenvalue weighted by molar-refractivity contribution is -0.112. The Morgan fingerprint density at radius 1 is 1.25 bits per heavy atom. The molecule has 1 aromatic heterocycles. The van der Waals surface area contributed by atoms with Crippen LogP contribution in [-0.4, -0.2) is 16.1 Å². The van der Waals surface area contributed by atoms with Crippen LogP contribution in [0.5, 0.6) is 0 Å². The average molecular weight is 221 g/mol. The average Bonchev–Trinajstić information content (AvgIpc) is 2.60. The monoisotopic (exact) mass is 221 g/mol. The third-order valence-corrected chi connectivity index (χ3v) is 1.90. The summed E-state index contributed by atoms with van der Waals surface area (Å²) in [6.07, 6.45) is 5.00. The van der Waals surface area contributed by atoms with Crippen molar-refractivity contribution in [2.45, 2.75) is 27.7 Å². The molecule has 0 aromatic carbocycles. The first-order chi connectivity index (χ1) is 7.50. The number of hydrogen-bond acceptors (Lipinski definition) is 2. The molecule has 0 aliphatic carbocycles. The van der Waals surface area contributed by atoms with Gasteiger partial charge in [-0.15, -0.1) is 0 Å². The van der Waals surface area contributed by atoms with Gasteiger partial charge in [0, 0.05) is 20.2 Å². The smallest absolute Gasteiger partial charge is 0.176 e. The Labute approximate surface area is 96.8 Å². The molecule has 3 nitrogen and oxygen atoms in total. The molecule has 0 bridgehead atoms. The predicted molar refractivity (Wildman–Crippen MR) is 66.5 cm³/mol. The maximum absolute atomic E-state index is 11.1. The van der Waals surface area contributed by atoms with E-state index in [0.717, 1.165) is 5.56 Å². The van der Waals surface area contributed by atoms with Gasteiger partial charge in [0.05, 0.1) is 5.69 Å². The summed E-state index contributed by atoms with van der Waals surface area (Å²) in [4.78, 5) is 21.8. The first-order valence-corrected chi connectivity index (χ1v) is 5.36. The van der Waals surface area contributed by atoms with E-state index in [1.807, 2.05) is 27.1 Å². The summed E-state index contributed by atoms with van der Waals surface area (Å²) in [5.41, 5.74) is 1.51. The van der Waals surface area contributed by atoms with Gasteiger partial charge in [-0.2, -0.15) is 0 Å². The van der Waals surface area contributed by atoms with Crippen molar-refractivity contribution in [3.63, 3.8) is 0 Å². The molecule has 0 saturated heterocycles. The first kappa shape index (κ1) is 14.4. The molecule has 0 radical (unpaired) electrons. The van der Waals surface area contributed by atoms with Gasteiger partial charge in [-0.05, 0) is 30.7 Å². The number of carbonyl (C=O) groups is 2. The van der Waals surface area contributed by atoms with E-state index in [1.165, 1.54) is 19.9 Å². The fourth-order valence-corrected chi connectivity index (χ4v) is 1.24. The number of aromatic nitrogens is 1. The zero-order valence-corrected chi connectivity index (χ0v) is 10.6. The van der Waals surface area contributed by atoms with Crippen molar-refractivity contribution in [3.8, 4) is 0 Å². The van der Waals surface area contributed by atoms with Gasteiger partial charge in [-0.1, -0.05) is 13.8 Å². The highest BCUT2D eigenvalue weighted by Gasteiger charge is 2.04. The zero-order chi connectivity index (χ0) is 12.7. The third-order valence-electron chi connectivity index (χ3n) is 1.90. The molecule has 0 aliphatic rings. The van der Waals surface area contributed by atoms with Gasteiger partial charge in [0.2, 0.25) is 0 Å². The van der Waals surface area contributed by atoms with Gasteiger partial charge in [0.1, 0.15) is 0 Å². The first-order valence-electron chi connectivity index (χ1n) is 5.36. The van der Waals surface area contributed by atoms with Crippen LogP contribution in [0, 0.1) is 0 Å². The number of Topliss-reactive ketones (excluding diaryl/α,β-unsaturated/α-hetero) is 1. The normalized spacial score (nSPS) is 9.81.